The molecule has 2 N–H and O–H groups in total. The molecule has 1 saturated carbocycles. The number of rotatable bonds is 6. The number of amides is 1. The highest BCUT2D eigenvalue weighted by Crippen LogP contribution is 2.33. The molecule has 2 aromatic rings. The van der Waals surface area contributed by atoms with Crippen molar-refractivity contribution in [2.75, 3.05) is 25.4 Å². The lowest BCUT2D eigenvalue weighted by Gasteiger charge is -2.31. The number of H-pyrrole nitrogens is 1. The third-order valence-corrected chi connectivity index (χ3v) is 8.10. The van der Waals surface area contributed by atoms with Gasteiger partial charge in [0.25, 0.3) is 0 Å². The van der Waals surface area contributed by atoms with Crippen LogP contribution in [-0.4, -0.2) is 60.3 Å². The van der Waals surface area contributed by atoms with Gasteiger partial charge in [-0.25, -0.2) is 22.5 Å². The Labute approximate surface area is 177 Å². The molecule has 2 aromatic heterocycles. The van der Waals surface area contributed by atoms with Gasteiger partial charge in [0, 0.05) is 37.4 Å². The summed E-state index contributed by atoms with van der Waals surface area (Å²) < 4.78 is 32.3. The Morgan fingerprint density at radius 2 is 1.97 bits per heavy atom. The zero-order chi connectivity index (χ0) is 21.0. The molecule has 2 fully saturated rings. The molecule has 9 heteroatoms. The fourth-order valence-corrected chi connectivity index (χ4v) is 5.93. The number of hydrogen-bond acceptors (Lipinski definition) is 5. The summed E-state index contributed by atoms with van der Waals surface area (Å²) in [5.74, 6) is 0.215. The fourth-order valence-electron chi connectivity index (χ4n) is 4.55. The number of fused-ring (bicyclic) bond motifs is 1. The van der Waals surface area contributed by atoms with Crippen molar-refractivity contribution in [1.29, 1.82) is 0 Å². The second-order valence-corrected chi connectivity index (χ2v) is 10.3. The first-order valence-electron chi connectivity index (χ1n) is 10.9. The molecule has 0 spiro atoms. The number of nitrogens with zero attached hydrogens (tertiary/aromatic N) is 2. The van der Waals surface area contributed by atoms with Crippen molar-refractivity contribution >= 4 is 27.1 Å². The highest BCUT2D eigenvalue weighted by molar-refractivity contribution is 7.89. The summed E-state index contributed by atoms with van der Waals surface area (Å²) in [6, 6.07) is 3.97. The second-order valence-electron chi connectivity index (χ2n) is 8.23. The topological polar surface area (TPSA) is 104 Å². The molecule has 4 rings (SSSR count). The van der Waals surface area contributed by atoms with Crippen molar-refractivity contribution < 1.29 is 17.9 Å². The molecule has 3 heterocycles. The molecule has 8 nitrogen and oxygen atoms in total. The minimum absolute atomic E-state index is 0.0332. The summed E-state index contributed by atoms with van der Waals surface area (Å²) in [6.07, 6.45) is 9.90. The molecule has 1 amide bonds. The number of carbonyl (C=O) groups excluding carboxylic acids is 1. The molecule has 1 saturated heterocycles. The van der Waals surface area contributed by atoms with Gasteiger partial charge < -0.3 is 15.0 Å². The number of nitrogens with one attached hydrogen (secondary N) is 2. The summed E-state index contributed by atoms with van der Waals surface area (Å²) in [5, 5.41) is 3.71. The first-order chi connectivity index (χ1) is 14.5. The Kier molecular flexibility index (Phi) is 6.58. The average Bonchev–Trinajstić information content (AvgIpc) is 3.18. The average molecular weight is 435 g/mol. The summed E-state index contributed by atoms with van der Waals surface area (Å²) in [5.41, 5.74) is 2.08. The monoisotopic (exact) mass is 434 g/mol. The molecule has 0 atom stereocenters. The molecule has 30 heavy (non-hydrogen) atoms. The number of pyridine rings is 1. The molecule has 164 valence electrons. The van der Waals surface area contributed by atoms with Gasteiger partial charge in [-0.15, -0.1) is 0 Å². The largest absolute Gasteiger partial charge is 0.446 e. The van der Waals surface area contributed by atoms with Crippen molar-refractivity contribution in [1.82, 2.24) is 19.6 Å². The number of aromatic amines is 1. The van der Waals surface area contributed by atoms with Crippen LogP contribution in [0.1, 0.15) is 56.4 Å². The Hall–Kier alpha value is -2.13. The van der Waals surface area contributed by atoms with Gasteiger partial charge >= 0.3 is 6.09 Å². The van der Waals surface area contributed by atoms with E-state index in [1.807, 2.05) is 12.3 Å². The predicted molar refractivity (Wildman–Crippen MR) is 115 cm³/mol. The summed E-state index contributed by atoms with van der Waals surface area (Å²) in [7, 11) is -3.40. The third kappa shape index (κ3) is 4.95. The molecule has 1 aliphatic carbocycles. The van der Waals surface area contributed by atoms with Crippen molar-refractivity contribution in [3.8, 4) is 0 Å². The van der Waals surface area contributed by atoms with E-state index in [0.29, 0.717) is 19.0 Å². The zero-order valence-corrected chi connectivity index (χ0v) is 18.0. The normalized spacial score (nSPS) is 19.7. The number of ether oxygens (including phenoxy) is 1. The van der Waals surface area contributed by atoms with Gasteiger partial charge in [0.15, 0.2) is 0 Å². The van der Waals surface area contributed by atoms with Crippen molar-refractivity contribution in [3.05, 3.63) is 30.1 Å². The molecule has 0 bridgehead atoms. The Bertz CT molecular complexity index is 960. The van der Waals surface area contributed by atoms with Crippen LogP contribution < -0.4 is 5.32 Å². The smallest absolute Gasteiger partial charge is 0.407 e. The third-order valence-electron chi connectivity index (χ3n) is 6.23. The minimum atomic E-state index is -3.40. The Morgan fingerprint density at radius 1 is 1.20 bits per heavy atom. The SMILES string of the molecule is O=C(NCCS(=O)(=O)N1CCC(c2c[nH]c3ncccc23)CC1)OC1CCCCC1. The quantitative estimate of drug-likeness (QED) is 0.727. The van der Waals surface area contributed by atoms with Crippen LogP contribution in [0.15, 0.2) is 24.5 Å². The number of piperidine rings is 1. The number of aromatic nitrogens is 2. The Balaban J connectivity index is 1.24. The highest BCUT2D eigenvalue weighted by atomic mass is 32.2. The van der Waals surface area contributed by atoms with Gasteiger partial charge in [-0.1, -0.05) is 6.42 Å². The highest BCUT2D eigenvalue weighted by Gasteiger charge is 2.29. The van der Waals surface area contributed by atoms with Gasteiger partial charge in [0.2, 0.25) is 10.0 Å². The van der Waals surface area contributed by atoms with Gasteiger partial charge in [0.1, 0.15) is 11.8 Å². The molecular formula is C21H30N4O4S. The van der Waals surface area contributed by atoms with E-state index in [4.69, 9.17) is 4.74 Å². The zero-order valence-electron chi connectivity index (χ0n) is 17.2. The van der Waals surface area contributed by atoms with Crippen LogP contribution in [0.2, 0.25) is 0 Å². The standard InChI is InChI=1S/C21H30N4O4S/c26-21(29-17-5-2-1-3-6-17)23-11-14-30(27,28)25-12-8-16(9-13-25)19-15-24-20-18(19)7-4-10-22-20/h4,7,10,15-17H,1-3,5-6,8-9,11-14H2,(H,22,24)(H,23,26). The van der Waals surface area contributed by atoms with Crippen LogP contribution in [0.25, 0.3) is 11.0 Å². The van der Waals surface area contributed by atoms with E-state index >= 15 is 0 Å². The predicted octanol–water partition coefficient (Wildman–Crippen LogP) is 3.13. The van der Waals surface area contributed by atoms with Crippen LogP contribution in [0, 0.1) is 0 Å². The second kappa shape index (κ2) is 9.34. The van der Waals surface area contributed by atoms with E-state index in [2.05, 4.69) is 21.4 Å². The summed E-state index contributed by atoms with van der Waals surface area (Å²) in [6.45, 7) is 1.06. The van der Waals surface area contributed by atoms with Gasteiger partial charge in [-0.2, -0.15) is 0 Å². The van der Waals surface area contributed by atoms with E-state index in [-0.39, 0.29) is 18.4 Å². The van der Waals surface area contributed by atoms with Crippen molar-refractivity contribution in [2.45, 2.75) is 57.0 Å². The van der Waals surface area contributed by atoms with E-state index in [0.717, 1.165) is 49.6 Å². The summed E-state index contributed by atoms with van der Waals surface area (Å²) >= 11 is 0. The van der Waals surface area contributed by atoms with Gasteiger partial charge in [-0.3, -0.25) is 0 Å². The number of sulfonamides is 1. The molecule has 0 radical (unpaired) electrons. The van der Waals surface area contributed by atoms with Crippen molar-refractivity contribution in [2.24, 2.45) is 0 Å². The molecule has 0 unspecified atom stereocenters. The lowest BCUT2D eigenvalue weighted by atomic mass is 9.90. The molecule has 1 aliphatic heterocycles. The van der Waals surface area contributed by atoms with Crippen LogP contribution in [0.4, 0.5) is 4.79 Å². The van der Waals surface area contributed by atoms with Crippen LogP contribution in [0.5, 0.6) is 0 Å². The van der Waals surface area contributed by atoms with Crippen LogP contribution >= 0.6 is 0 Å². The maximum absolute atomic E-state index is 12.7. The van der Waals surface area contributed by atoms with E-state index < -0.39 is 16.1 Å². The number of carbonyl (C=O) groups is 1. The first kappa shape index (κ1) is 21.1. The van der Waals surface area contributed by atoms with Crippen LogP contribution in [0.3, 0.4) is 0 Å². The lowest BCUT2D eigenvalue weighted by molar-refractivity contribution is 0.0758. The minimum Gasteiger partial charge on any atom is -0.446 e. The lowest BCUT2D eigenvalue weighted by Crippen LogP contribution is -2.42. The van der Waals surface area contributed by atoms with E-state index in [1.165, 1.54) is 12.0 Å². The van der Waals surface area contributed by atoms with E-state index in [9.17, 15) is 13.2 Å². The molecular weight excluding hydrogens is 404 g/mol. The maximum atomic E-state index is 12.7. The van der Waals surface area contributed by atoms with Crippen molar-refractivity contribution in [3.63, 3.8) is 0 Å². The molecule has 2 aliphatic rings. The first-order valence-corrected chi connectivity index (χ1v) is 12.5. The fraction of sp³-hybridized carbons (Fsp3) is 0.619. The van der Waals surface area contributed by atoms with Gasteiger partial charge in [0.05, 0.1) is 5.75 Å². The summed E-state index contributed by atoms with van der Waals surface area (Å²) in [4.78, 5) is 19.4. The molecule has 0 aromatic carbocycles. The number of hydrogen-bond donors (Lipinski definition) is 2. The Morgan fingerprint density at radius 3 is 2.73 bits per heavy atom. The number of alkyl carbamates (subject to hydrolysis) is 1. The maximum Gasteiger partial charge on any atom is 0.407 e. The van der Waals surface area contributed by atoms with Crippen LogP contribution in [-0.2, 0) is 14.8 Å². The van der Waals surface area contributed by atoms with E-state index in [1.54, 1.807) is 10.5 Å². The van der Waals surface area contributed by atoms with Gasteiger partial charge in [-0.05, 0) is 62.1 Å².